The van der Waals surface area contributed by atoms with Crippen molar-refractivity contribution in [3.63, 3.8) is 0 Å². The van der Waals surface area contributed by atoms with Gasteiger partial charge in [-0.05, 0) is 19.8 Å². The first-order valence-corrected chi connectivity index (χ1v) is 5.80. The summed E-state index contributed by atoms with van der Waals surface area (Å²) in [6.45, 7) is 1.82. The van der Waals surface area contributed by atoms with Crippen LogP contribution < -0.4 is 5.32 Å². The summed E-state index contributed by atoms with van der Waals surface area (Å²) < 4.78 is 4.58. The van der Waals surface area contributed by atoms with Crippen molar-refractivity contribution in [2.24, 2.45) is 0 Å². The van der Waals surface area contributed by atoms with Crippen LogP contribution in [0.25, 0.3) is 0 Å². The molecule has 0 saturated heterocycles. The number of hydrogen-bond acceptors (Lipinski definition) is 4. The number of rotatable bonds is 2. The van der Waals surface area contributed by atoms with E-state index in [-0.39, 0.29) is 12.6 Å². The molecule has 5 heteroatoms. The summed E-state index contributed by atoms with van der Waals surface area (Å²) >= 11 is 0. The van der Waals surface area contributed by atoms with Crippen molar-refractivity contribution in [2.75, 3.05) is 6.61 Å². The third-order valence-electron chi connectivity index (χ3n) is 2.76. The minimum Gasteiger partial charge on any atom is -0.459 e. The molecule has 0 spiro atoms. The van der Waals surface area contributed by atoms with E-state index in [9.17, 15) is 14.7 Å². The highest BCUT2D eigenvalue weighted by Crippen LogP contribution is 2.17. The van der Waals surface area contributed by atoms with Gasteiger partial charge in [0.25, 0.3) is 0 Å². The molecule has 5 nitrogen and oxygen atoms in total. The standard InChI is InChI=1S/C11H19NO4/c1-2-16-11(15)10(14)12-8-6-4-3-5-7-9(8)13/h8-9,13H,2-7H2,1H3,(H,12,14). The number of carbonyl (C=O) groups is 2. The molecule has 1 fully saturated rings. The quantitative estimate of drug-likeness (QED) is 0.407. The predicted molar refractivity (Wildman–Crippen MR) is 57.7 cm³/mol. The molecular formula is C11H19NO4. The smallest absolute Gasteiger partial charge is 0.396 e. The summed E-state index contributed by atoms with van der Waals surface area (Å²) in [5, 5.41) is 12.3. The van der Waals surface area contributed by atoms with Crippen LogP contribution in [0.4, 0.5) is 0 Å². The maximum Gasteiger partial charge on any atom is 0.396 e. The van der Waals surface area contributed by atoms with E-state index < -0.39 is 18.0 Å². The summed E-state index contributed by atoms with van der Waals surface area (Å²) in [6.07, 6.45) is 3.82. The number of aliphatic hydroxyl groups is 1. The van der Waals surface area contributed by atoms with Crippen LogP contribution in [-0.2, 0) is 14.3 Å². The van der Waals surface area contributed by atoms with Crippen LogP contribution in [0.2, 0.25) is 0 Å². The van der Waals surface area contributed by atoms with Gasteiger partial charge in [-0.3, -0.25) is 4.79 Å². The Hall–Kier alpha value is -1.10. The molecule has 0 heterocycles. The second-order valence-electron chi connectivity index (χ2n) is 4.01. The normalized spacial score (nSPS) is 25.6. The third kappa shape index (κ3) is 3.81. The molecule has 0 radical (unpaired) electrons. The van der Waals surface area contributed by atoms with Crippen molar-refractivity contribution in [1.82, 2.24) is 5.32 Å². The van der Waals surface area contributed by atoms with Crippen molar-refractivity contribution in [1.29, 1.82) is 0 Å². The molecule has 1 amide bonds. The highest BCUT2D eigenvalue weighted by molar-refractivity contribution is 6.32. The molecule has 1 rings (SSSR count). The number of carbonyl (C=O) groups excluding carboxylic acids is 2. The summed E-state index contributed by atoms with van der Waals surface area (Å²) in [7, 11) is 0. The van der Waals surface area contributed by atoms with Crippen molar-refractivity contribution in [3.05, 3.63) is 0 Å². The van der Waals surface area contributed by atoms with Crippen LogP contribution in [-0.4, -0.2) is 35.7 Å². The van der Waals surface area contributed by atoms with Crippen molar-refractivity contribution < 1.29 is 19.4 Å². The van der Waals surface area contributed by atoms with Gasteiger partial charge in [0.1, 0.15) is 0 Å². The third-order valence-corrected chi connectivity index (χ3v) is 2.76. The van der Waals surface area contributed by atoms with E-state index in [0.29, 0.717) is 12.8 Å². The van der Waals surface area contributed by atoms with E-state index in [2.05, 4.69) is 10.1 Å². The van der Waals surface area contributed by atoms with Crippen molar-refractivity contribution in [3.8, 4) is 0 Å². The number of amides is 1. The van der Waals surface area contributed by atoms with Crippen LogP contribution in [0, 0.1) is 0 Å². The van der Waals surface area contributed by atoms with Gasteiger partial charge in [-0.25, -0.2) is 4.79 Å². The average Bonchev–Trinajstić information content (AvgIpc) is 2.45. The Balaban J connectivity index is 2.44. The van der Waals surface area contributed by atoms with Crippen molar-refractivity contribution >= 4 is 11.9 Å². The largest absolute Gasteiger partial charge is 0.459 e. The van der Waals surface area contributed by atoms with Crippen LogP contribution in [0.15, 0.2) is 0 Å². The lowest BCUT2D eigenvalue weighted by Gasteiger charge is -2.20. The summed E-state index contributed by atoms with van der Waals surface area (Å²) in [6, 6.07) is -0.320. The molecule has 0 bridgehead atoms. The Morgan fingerprint density at radius 1 is 1.31 bits per heavy atom. The predicted octanol–water partition coefficient (Wildman–Crippen LogP) is 0.359. The lowest BCUT2D eigenvalue weighted by molar-refractivity contribution is -0.155. The summed E-state index contributed by atoms with van der Waals surface area (Å²) in [5.74, 6) is -1.63. The summed E-state index contributed by atoms with van der Waals surface area (Å²) in [4.78, 5) is 22.5. The first-order valence-electron chi connectivity index (χ1n) is 5.80. The molecule has 16 heavy (non-hydrogen) atoms. The van der Waals surface area contributed by atoms with E-state index in [1.165, 1.54) is 0 Å². The SMILES string of the molecule is CCOC(=O)C(=O)NC1CCCCCC1O. The zero-order chi connectivity index (χ0) is 12.0. The lowest BCUT2D eigenvalue weighted by Crippen LogP contribution is -2.46. The highest BCUT2D eigenvalue weighted by Gasteiger charge is 2.26. The fourth-order valence-electron chi connectivity index (χ4n) is 1.88. The molecule has 0 aromatic rings. The Morgan fingerprint density at radius 3 is 2.69 bits per heavy atom. The molecule has 0 aliphatic heterocycles. The number of aliphatic hydroxyl groups excluding tert-OH is 1. The van der Waals surface area contributed by atoms with E-state index in [0.717, 1.165) is 19.3 Å². The van der Waals surface area contributed by atoms with Gasteiger partial charge in [-0.2, -0.15) is 0 Å². The van der Waals surface area contributed by atoms with Crippen molar-refractivity contribution in [2.45, 2.75) is 51.2 Å². The zero-order valence-electron chi connectivity index (χ0n) is 9.57. The van der Waals surface area contributed by atoms with E-state index in [1.54, 1.807) is 6.92 Å². The fourth-order valence-corrected chi connectivity index (χ4v) is 1.88. The summed E-state index contributed by atoms with van der Waals surface area (Å²) in [5.41, 5.74) is 0. The number of ether oxygens (including phenoxy) is 1. The lowest BCUT2D eigenvalue weighted by atomic mass is 10.1. The molecule has 1 aliphatic rings. The molecule has 1 saturated carbocycles. The molecule has 1 aliphatic carbocycles. The average molecular weight is 229 g/mol. The van der Waals surface area contributed by atoms with Gasteiger partial charge in [0, 0.05) is 0 Å². The molecular weight excluding hydrogens is 210 g/mol. The van der Waals surface area contributed by atoms with Gasteiger partial charge in [0.05, 0.1) is 18.8 Å². The minimum atomic E-state index is -0.876. The van der Waals surface area contributed by atoms with Gasteiger partial charge < -0.3 is 15.2 Å². The Labute approximate surface area is 95.2 Å². The Morgan fingerprint density at radius 2 is 2.00 bits per heavy atom. The first kappa shape index (κ1) is 13.0. The monoisotopic (exact) mass is 229 g/mol. The number of esters is 1. The second-order valence-corrected chi connectivity index (χ2v) is 4.01. The molecule has 2 unspecified atom stereocenters. The van der Waals surface area contributed by atoms with Gasteiger partial charge >= 0.3 is 11.9 Å². The maximum absolute atomic E-state index is 11.4. The minimum absolute atomic E-state index is 0.180. The van der Waals surface area contributed by atoms with Gasteiger partial charge in [-0.15, -0.1) is 0 Å². The van der Waals surface area contributed by atoms with E-state index in [1.807, 2.05) is 0 Å². The van der Waals surface area contributed by atoms with Crippen LogP contribution in [0.1, 0.15) is 39.0 Å². The van der Waals surface area contributed by atoms with Crippen LogP contribution in [0.3, 0.4) is 0 Å². The Bertz CT molecular complexity index is 254. The molecule has 0 aromatic heterocycles. The molecule has 92 valence electrons. The van der Waals surface area contributed by atoms with Crippen LogP contribution >= 0.6 is 0 Å². The molecule has 0 aromatic carbocycles. The second kappa shape index (κ2) is 6.48. The Kier molecular flexibility index (Phi) is 5.25. The number of nitrogens with one attached hydrogen (secondary N) is 1. The van der Waals surface area contributed by atoms with E-state index in [4.69, 9.17) is 0 Å². The number of hydrogen-bond donors (Lipinski definition) is 2. The fraction of sp³-hybridized carbons (Fsp3) is 0.818. The van der Waals surface area contributed by atoms with Crippen LogP contribution in [0.5, 0.6) is 0 Å². The van der Waals surface area contributed by atoms with Gasteiger partial charge in [0.15, 0.2) is 0 Å². The zero-order valence-corrected chi connectivity index (χ0v) is 9.57. The molecule has 2 atom stereocenters. The van der Waals surface area contributed by atoms with Gasteiger partial charge in [0.2, 0.25) is 0 Å². The highest BCUT2D eigenvalue weighted by atomic mass is 16.5. The first-order chi connectivity index (χ1) is 7.65. The van der Waals surface area contributed by atoms with Gasteiger partial charge in [-0.1, -0.05) is 19.3 Å². The van der Waals surface area contributed by atoms with E-state index >= 15 is 0 Å². The topological polar surface area (TPSA) is 75.6 Å². The molecule has 2 N–H and O–H groups in total. The maximum atomic E-state index is 11.4.